The maximum absolute atomic E-state index is 12.2. The minimum Gasteiger partial charge on any atom is -0.490 e. The molecule has 0 aliphatic carbocycles. The average molecular weight is 282 g/mol. The topological polar surface area (TPSA) is 53.3 Å². The molecule has 0 bridgehead atoms. The van der Waals surface area contributed by atoms with Crippen molar-refractivity contribution < 1.29 is 9.53 Å². The molecule has 0 unspecified atom stereocenters. The van der Waals surface area contributed by atoms with Crippen LogP contribution in [0.25, 0.3) is 6.08 Å². The molecule has 1 aliphatic heterocycles. The number of nitrogens with zero attached hydrogens (tertiary/aromatic N) is 2. The fraction of sp³-hybridized carbons (Fsp3) is 0.294. The lowest BCUT2D eigenvalue weighted by molar-refractivity contribution is -0.125. The molecule has 0 spiro atoms. The number of carbonyl (C=O) groups is 1. The van der Waals surface area contributed by atoms with E-state index in [1.807, 2.05) is 30.3 Å². The van der Waals surface area contributed by atoms with Gasteiger partial charge in [-0.2, -0.15) is 5.26 Å². The molecule has 4 nitrogen and oxygen atoms in total. The van der Waals surface area contributed by atoms with Crippen LogP contribution >= 0.6 is 0 Å². The third kappa shape index (κ3) is 3.96. The monoisotopic (exact) mass is 282 g/mol. The van der Waals surface area contributed by atoms with Crippen LogP contribution in [0.3, 0.4) is 0 Å². The predicted molar refractivity (Wildman–Crippen MR) is 81.5 cm³/mol. The van der Waals surface area contributed by atoms with Gasteiger partial charge in [-0.25, -0.2) is 0 Å². The van der Waals surface area contributed by atoms with Crippen molar-refractivity contribution >= 4 is 12.0 Å². The first-order chi connectivity index (χ1) is 10.2. The highest BCUT2D eigenvalue weighted by Crippen LogP contribution is 2.17. The van der Waals surface area contributed by atoms with Gasteiger partial charge in [-0.05, 0) is 36.6 Å². The molecule has 0 saturated carbocycles. The molecule has 1 fully saturated rings. The molecule has 1 aromatic rings. The van der Waals surface area contributed by atoms with Gasteiger partial charge in [-0.15, -0.1) is 0 Å². The molecule has 1 heterocycles. The van der Waals surface area contributed by atoms with E-state index in [1.54, 1.807) is 17.1 Å². The Morgan fingerprint density at radius 2 is 2.00 bits per heavy atom. The number of amides is 1. The van der Waals surface area contributed by atoms with Crippen molar-refractivity contribution in [3.8, 4) is 11.8 Å². The van der Waals surface area contributed by atoms with Crippen LogP contribution in [-0.4, -0.2) is 30.5 Å². The fourth-order valence-corrected chi connectivity index (χ4v) is 2.21. The van der Waals surface area contributed by atoms with Gasteiger partial charge in [-0.3, -0.25) is 4.79 Å². The lowest BCUT2D eigenvalue weighted by Gasteiger charge is -2.14. The lowest BCUT2D eigenvalue weighted by atomic mass is 10.1. The zero-order valence-corrected chi connectivity index (χ0v) is 11.9. The second-order valence-corrected chi connectivity index (χ2v) is 4.84. The van der Waals surface area contributed by atoms with Crippen LogP contribution in [0.2, 0.25) is 0 Å². The molecule has 0 N–H and O–H groups in total. The van der Waals surface area contributed by atoms with Gasteiger partial charge in [0.1, 0.15) is 24.0 Å². The Morgan fingerprint density at radius 1 is 1.33 bits per heavy atom. The number of carbonyl (C=O) groups excluding carboxylic acids is 1. The van der Waals surface area contributed by atoms with E-state index in [0.717, 1.165) is 37.2 Å². The normalized spacial score (nSPS) is 14.6. The first kappa shape index (κ1) is 14.9. The molecule has 1 aromatic carbocycles. The molecule has 1 saturated heterocycles. The quantitative estimate of drug-likeness (QED) is 0.474. The van der Waals surface area contributed by atoms with Crippen LogP contribution < -0.4 is 4.74 Å². The summed E-state index contributed by atoms with van der Waals surface area (Å²) in [7, 11) is 0. The summed E-state index contributed by atoms with van der Waals surface area (Å²) < 4.78 is 5.39. The largest absolute Gasteiger partial charge is 0.490 e. The Kier molecular flexibility index (Phi) is 5.16. The number of hydrogen-bond donors (Lipinski definition) is 0. The van der Waals surface area contributed by atoms with Crippen LogP contribution in [-0.2, 0) is 4.79 Å². The summed E-state index contributed by atoms with van der Waals surface area (Å²) in [4.78, 5) is 13.9. The first-order valence-electron chi connectivity index (χ1n) is 6.99. The number of nitriles is 1. The molecule has 4 heteroatoms. The second-order valence-electron chi connectivity index (χ2n) is 4.84. The van der Waals surface area contributed by atoms with Gasteiger partial charge in [0.15, 0.2) is 0 Å². The average Bonchev–Trinajstić information content (AvgIpc) is 3.05. The number of hydrogen-bond acceptors (Lipinski definition) is 3. The van der Waals surface area contributed by atoms with Gasteiger partial charge in [-0.1, -0.05) is 24.8 Å². The molecule has 2 rings (SSSR count). The van der Waals surface area contributed by atoms with Crippen LogP contribution in [0, 0.1) is 11.3 Å². The van der Waals surface area contributed by atoms with Crippen LogP contribution in [0.15, 0.2) is 42.5 Å². The highest BCUT2D eigenvalue weighted by molar-refractivity contribution is 6.01. The summed E-state index contributed by atoms with van der Waals surface area (Å²) in [5.74, 6) is 0.554. The van der Waals surface area contributed by atoms with Crippen molar-refractivity contribution in [2.45, 2.75) is 12.8 Å². The van der Waals surface area contributed by atoms with E-state index in [-0.39, 0.29) is 11.5 Å². The highest BCUT2D eigenvalue weighted by atomic mass is 16.5. The SMILES string of the molecule is C=CCOc1ccc(/C=C(\C#N)C(=O)N2CCCC2)cc1. The summed E-state index contributed by atoms with van der Waals surface area (Å²) >= 11 is 0. The summed E-state index contributed by atoms with van der Waals surface area (Å²) in [6, 6.07) is 9.27. The summed E-state index contributed by atoms with van der Waals surface area (Å²) in [5.41, 5.74) is 0.988. The maximum atomic E-state index is 12.2. The van der Waals surface area contributed by atoms with E-state index in [9.17, 15) is 10.1 Å². The summed E-state index contributed by atoms with van der Waals surface area (Å²) in [5, 5.41) is 9.19. The fourth-order valence-electron chi connectivity index (χ4n) is 2.21. The van der Waals surface area contributed by atoms with E-state index >= 15 is 0 Å². The molecule has 1 amide bonds. The molecule has 0 aromatic heterocycles. The van der Waals surface area contributed by atoms with Gasteiger partial charge >= 0.3 is 0 Å². The number of benzene rings is 1. The molecular formula is C17H18N2O2. The Hall–Kier alpha value is -2.54. The smallest absolute Gasteiger partial charge is 0.264 e. The van der Waals surface area contributed by atoms with Gasteiger partial charge in [0.25, 0.3) is 5.91 Å². The van der Waals surface area contributed by atoms with Crippen LogP contribution in [0.5, 0.6) is 5.75 Å². The number of rotatable bonds is 5. The third-order valence-electron chi connectivity index (χ3n) is 3.30. The molecule has 108 valence electrons. The Labute approximate surface area is 124 Å². The Bertz CT molecular complexity index is 576. The van der Waals surface area contributed by atoms with Crippen molar-refractivity contribution in [1.82, 2.24) is 4.90 Å². The standard InChI is InChI=1S/C17H18N2O2/c1-2-11-21-16-7-5-14(6-8-16)12-15(13-18)17(20)19-9-3-4-10-19/h2,5-8,12H,1,3-4,9-11H2/b15-12+. The minimum atomic E-state index is -0.179. The van der Waals surface area contributed by atoms with E-state index < -0.39 is 0 Å². The summed E-state index contributed by atoms with van der Waals surface area (Å²) in [6.45, 7) is 5.52. The van der Waals surface area contributed by atoms with Crippen molar-refractivity contribution in [3.63, 3.8) is 0 Å². The van der Waals surface area contributed by atoms with E-state index in [0.29, 0.717) is 6.61 Å². The molecule has 21 heavy (non-hydrogen) atoms. The van der Waals surface area contributed by atoms with E-state index in [2.05, 4.69) is 6.58 Å². The van der Waals surface area contributed by atoms with Gasteiger partial charge in [0, 0.05) is 13.1 Å². The third-order valence-corrected chi connectivity index (χ3v) is 3.30. The van der Waals surface area contributed by atoms with Gasteiger partial charge in [0.2, 0.25) is 0 Å². The Morgan fingerprint density at radius 3 is 2.57 bits per heavy atom. The minimum absolute atomic E-state index is 0.177. The zero-order chi connectivity index (χ0) is 15.1. The van der Waals surface area contributed by atoms with Crippen LogP contribution in [0.4, 0.5) is 0 Å². The lowest BCUT2D eigenvalue weighted by Crippen LogP contribution is -2.28. The highest BCUT2D eigenvalue weighted by Gasteiger charge is 2.21. The zero-order valence-electron chi connectivity index (χ0n) is 11.9. The van der Waals surface area contributed by atoms with Crippen molar-refractivity contribution in [2.75, 3.05) is 19.7 Å². The van der Waals surface area contributed by atoms with Gasteiger partial charge in [0.05, 0.1) is 0 Å². The van der Waals surface area contributed by atoms with Crippen molar-refractivity contribution in [1.29, 1.82) is 5.26 Å². The molecular weight excluding hydrogens is 264 g/mol. The Balaban J connectivity index is 2.10. The van der Waals surface area contributed by atoms with Crippen molar-refractivity contribution in [2.24, 2.45) is 0 Å². The second kappa shape index (κ2) is 7.30. The van der Waals surface area contributed by atoms with E-state index in [1.165, 1.54) is 0 Å². The maximum Gasteiger partial charge on any atom is 0.264 e. The van der Waals surface area contributed by atoms with Gasteiger partial charge < -0.3 is 9.64 Å². The molecule has 1 aliphatic rings. The number of ether oxygens (including phenoxy) is 1. The van der Waals surface area contributed by atoms with Crippen LogP contribution in [0.1, 0.15) is 18.4 Å². The number of likely N-dealkylation sites (tertiary alicyclic amines) is 1. The first-order valence-corrected chi connectivity index (χ1v) is 6.99. The van der Waals surface area contributed by atoms with Crippen molar-refractivity contribution in [3.05, 3.63) is 48.1 Å². The predicted octanol–water partition coefficient (Wildman–Crippen LogP) is 2.78. The van der Waals surface area contributed by atoms with E-state index in [4.69, 9.17) is 4.74 Å². The summed E-state index contributed by atoms with van der Waals surface area (Å²) in [6.07, 6.45) is 5.33. The molecule has 0 radical (unpaired) electrons. The molecule has 0 atom stereocenters.